The molecule has 120 valence electrons. The van der Waals surface area contributed by atoms with Crippen molar-refractivity contribution in [3.05, 3.63) is 59.7 Å². The molecule has 0 atom stereocenters. The first-order valence-corrected chi connectivity index (χ1v) is 6.54. The zero-order valence-corrected chi connectivity index (χ0v) is 12.1. The molecule has 0 radical (unpaired) electrons. The van der Waals surface area contributed by atoms with E-state index in [4.69, 9.17) is 0 Å². The molecule has 1 N–H and O–H groups in total. The number of nitrogens with one attached hydrogen (secondary N) is 1. The lowest BCUT2D eigenvalue weighted by atomic mass is 10.1. The predicted octanol–water partition coefficient (Wildman–Crippen LogP) is 3.33. The molecule has 0 saturated carbocycles. The first-order chi connectivity index (χ1) is 11.0. The highest BCUT2D eigenvalue weighted by Gasteiger charge is 2.10. The summed E-state index contributed by atoms with van der Waals surface area (Å²) in [6.45, 7) is -2.90. The number of amides is 1. The summed E-state index contributed by atoms with van der Waals surface area (Å²) in [5.74, 6) is -0.893. The summed E-state index contributed by atoms with van der Waals surface area (Å²) in [6.07, 6.45) is 0. The number of hydrogen-bond acceptors (Lipinski definition) is 4. The van der Waals surface area contributed by atoms with Crippen LogP contribution < -0.4 is 10.1 Å². The van der Waals surface area contributed by atoms with Crippen LogP contribution in [0.1, 0.15) is 20.7 Å². The number of halogens is 2. The van der Waals surface area contributed by atoms with Gasteiger partial charge in [0.1, 0.15) is 5.75 Å². The van der Waals surface area contributed by atoms with E-state index < -0.39 is 18.5 Å². The SMILES string of the molecule is COC(=O)c1ccc(C(=O)Nc2ccc(OC(F)F)cc2)cc1. The third-order valence-corrected chi connectivity index (χ3v) is 2.91. The molecule has 0 fully saturated rings. The minimum absolute atomic E-state index is 0.000398. The topological polar surface area (TPSA) is 64.6 Å². The molecule has 0 aliphatic rings. The Labute approximate surface area is 130 Å². The predicted molar refractivity (Wildman–Crippen MR) is 78.8 cm³/mol. The average Bonchev–Trinajstić information content (AvgIpc) is 2.55. The highest BCUT2D eigenvalue weighted by molar-refractivity contribution is 6.04. The van der Waals surface area contributed by atoms with Gasteiger partial charge in [0.25, 0.3) is 5.91 Å². The number of methoxy groups -OCH3 is 1. The normalized spacial score (nSPS) is 10.3. The molecule has 2 aromatic carbocycles. The van der Waals surface area contributed by atoms with Gasteiger partial charge in [-0.25, -0.2) is 4.79 Å². The van der Waals surface area contributed by atoms with Crippen LogP contribution in [0.25, 0.3) is 0 Å². The summed E-state index contributed by atoms with van der Waals surface area (Å²) in [5.41, 5.74) is 1.09. The van der Waals surface area contributed by atoms with Crippen LogP contribution in [-0.4, -0.2) is 25.6 Å². The zero-order valence-electron chi connectivity index (χ0n) is 12.1. The maximum absolute atomic E-state index is 12.0. The van der Waals surface area contributed by atoms with Crippen LogP contribution in [0, 0.1) is 0 Å². The minimum Gasteiger partial charge on any atom is -0.465 e. The number of anilines is 1. The van der Waals surface area contributed by atoms with E-state index in [-0.39, 0.29) is 5.75 Å². The van der Waals surface area contributed by atoms with Gasteiger partial charge in [-0.05, 0) is 48.5 Å². The molecule has 0 aliphatic carbocycles. The van der Waals surface area contributed by atoms with Crippen molar-refractivity contribution < 1.29 is 27.8 Å². The quantitative estimate of drug-likeness (QED) is 0.858. The Kier molecular flexibility index (Phi) is 5.24. The lowest BCUT2D eigenvalue weighted by Crippen LogP contribution is -2.12. The van der Waals surface area contributed by atoms with Gasteiger partial charge >= 0.3 is 12.6 Å². The fraction of sp³-hybridized carbons (Fsp3) is 0.125. The standard InChI is InChI=1S/C16H13F2NO4/c1-22-15(21)11-4-2-10(3-5-11)14(20)19-12-6-8-13(9-7-12)23-16(17)18/h2-9,16H,1H3,(H,19,20). The molecule has 0 aliphatic heterocycles. The number of alkyl halides is 2. The van der Waals surface area contributed by atoms with Gasteiger partial charge in [0.15, 0.2) is 0 Å². The Bertz CT molecular complexity index is 684. The largest absolute Gasteiger partial charge is 0.465 e. The number of carbonyl (C=O) groups excluding carboxylic acids is 2. The van der Waals surface area contributed by atoms with E-state index in [0.717, 1.165) is 0 Å². The van der Waals surface area contributed by atoms with Crippen LogP contribution in [0.15, 0.2) is 48.5 Å². The number of carbonyl (C=O) groups is 2. The molecule has 0 spiro atoms. The van der Waals surface area contributed by atoms with E-state index >= 15 is 0 Å². The Hall–Kier alpha value is -2.96. The molecule has 0 saturated heterocycles. The first kappa shape index (κ1) is 16.4. The minimum atomic E-state index is -2.90. The summed E-state index contributed by atoms with van der Waals surface area (Å²) >= 11 is 0. The number of ether oxygens (including phenoxy) is 2. The molecule has 0 aromatic heterocycles. The van der Waals surface area contributed by atoms with Crippen molar-refractivity contribution in [1.82, 2.24) is 0 Å². The molecule has 23 heavy (non-hydrogen) atoms. The Morgan fingerprint density at radius 2 is 1.52 bits per heavy atom. The molecule has 7 heteroatoms. The highest BCUT2D eigenvalue weighted by Crippen LogP contribution is 2.18. The second-order valence-corrected chi connectivity index (χ2v) is 4.43. The van der Waals surface area contributed by atoms with E-state index in [0.29, 0.717) is 16.8 Å². The smallest absolute Gasteiger partial charge is 0.387 e. The van der Waals surface area contributed by atoms with Gasteiger partial charge in [-0.3, -0.25) is 4.79 Å². The second-order valence-electron chi connectivity index (χ2n) is 4.43. The summed E-state index contributed by atoms with van der Waals surface area (Å²) in [4.78, 5) is 23.4. The number of rotatable bonds is 5. The first-order valence-electron chi connectivity index (χ1n) is 6.54. The van der Waals surface area contributed by atoms with Crippen molar-refractivity contribution in [3.63, 3.8) is 0 Å². The van der Waals surface area contributed by atoms with E-state index in [9.17, 15) is 18.4 Å². The van der Waals surface area contributed by atoms with Gasteiger partial charge in [-0.2, -0.15) is 8.78 Å². The van der Waals surface area contributed by atoms with Crippen molar-refractivity contribution >= 4 is 17.6 Å². The fourth-order valence-electron chi connectivity index (χ4n) is 1.80. The maximum Gasteiger partial charge on any atom is 0.387 e. The van der Waals surface area contributed by atoms with Crippen molar-refractivity contribution in [2.24, 2.45) is 0 Å². The van der Waals surface area contributed by atoms with Crippen molar-refractivity contribution in [1.29, 1.82) is 0 Å². The zero-order chi connectivity index (χ0) is 16.8. The second kappa shape index (κ2) is 7.35. The maximum atomic E-state index is 12.0. The van der Waals surface area contributed by atoms with E-state index in [2.05, 4.69) is 14.8 Å². The van der Waals surface area contributed by atoms with Crippen molar-refractivity contribution in [2.75, 3.05) is 12.4 Å². The molecule has 2 rings (SSSR count). The number of benzene rings is 2. The van der Waals surface area contributed by atoms with Gasteiger partial charge in [-0.15, -0.1) is 0 Å². The number of esters is 1. The molecular weight excluding hydrogens is 308 g/mol. The Morgan fingerprint density at radius 3 is 2.04 bits per heavy atom. The molecule has 5 nitrogen and oxygen atoms in total. The highest BCUT2D eigenvalue weighted by atomic mass is 19.3. The van der Waals surface area contributed by atoms with Crippen LogP contribution in [0.4, 0.5) is 14.5 Å². The lowest BCUT2D eigenvalue weighted by molar-refractivity contribution is -0.0498. The Balaban J connectivity index is 2.02. The van der Waals surface area contributed by atoms with Crippen LogP contribution in [0.3, 0.4) is 0 Å². The van der Waals surface area contributed by atoms with E-state index in [1.807, 2.05) is 0 Å². The summed E-state index contributed by atoms with van der Waals surface area (Å²) in [5, 5.41) is 2.60. The van der Waals surface area contributed by atoms with Crippen LogP contribution in [0.5, 0.6) is 5.75 Å². The monoisotopic (exact) mass is 321 g/mol. The fourth-order valence-corrected chi connectivity index (χ4v) is 1.80. The van der Waals surface area contributed by atoms with Crippen LogP contribution >= 0.6 is 0 Å². The Morgan fingerprint density at radius 1 is 0.957 bits per heavy atom. The molecule has 0 unspecified atom stereocenters. The van der Waals surface area contributed by atoms with E-state index in [1.54, 1.807) is 0 Å². The van der Waals surface area contributed by atoms with Crippen LogP contribution in [-0.2, 0) is 4.74 Å². The summed E-state index contributed by atoms with van der Waals surface area (Å²) in [7, 11) is 1.27. The van der Waals surface area contributed by atoms with Gasteiger partial charge < -0.3 is 14.8 Å². The molecule has 1 amide bonds. The third kappa shape index (κ3) is 4.50. The molecule has 0 heterocycles. The molecule has 0 bridgehead atoms. The van der Waals surface area contributed by atoms with Crippen molar-refractivity contribution in [3.8, 4) is 5.75 Å². The van der Waals surface area contributed by atoms with E-state index in [1.165, 1.54) is 55.6 Å². The third-order valence-electron chi connectivity index (χ3n) is 2.91. The van der Waals surface area contributed by atoms with Gasteiger partial charge in [0.2, 0.25) is 0 Å². The lowest BCUT2D eigenvalue weighted by Gasteiger charge is -2.08. The van der Waals surface area contributed by atoms with Crippen LogP contribution in [0.2, 0.25) is 0 Å². The van der Waals surface area contributed by atoms with Crippen molar-refractivity contribution in [2.45, 2.75) is 6.61 Å². The summed E-state index contributed by atoms with van der Waals surface area (Å²) in [6, 6.07) is 11.4. The summed E-state index contributed by atoms with van der Waals surface area (Å²) < 4.78 is 32.9. The average molecular weight is 321 g/mol. The van der Waals surface area contributed by atoms with Gasteiger partial charge in [0, 0.05) is 11.3 Å². The molecule has 2 aromatic rings. The number of hydrogen-bond donors (Lipinski definition) is 1. The van der Waals surface area contributed by atoms with Gasteiger partial charge in [-0.1, -0.05) is 0 Å². The van der Waals surface area contributed by atoms with Gasteiger partial charge in [0.05, 0.1) is 12.7 Å². The molecular formula is C16H13F2NO4.